The average Bonchev–Trinajstić information content (AvgIpc) is 3.18. The number of H-pyrrole nitrogens is 1. The Kier molecular flexibility index (Phi) is 5.79. The number of hydrogen-bond donors (Lipinski definition) is 2. The molecule has 12 heteroatoms. The monoisotopic (exact) mass is 477 g/mol. The Bertz CT molecular complexity index is 1130. The van der Waals surface area contributed by atoms with Gasteiger partial charge in [0.15, 0.2) is 0 Å². The zero-order valence-corrected chi connectivity index (χ0v) is 19.7. The third-order valence-corrected chi connectivity index (χ3v) is 9.27. The fourth-order valence-electron chi connectivity index (χ4n) is 5.32. The van der Waals surface area contributed by atoms with Gasteiger partial charge < -0.3 is 19.9 Å². The van der Waals surface area contributed by atoms with Crippen LogP contribution in [0.1, 0.15) is 32.1 Å². The maximum absolute atomic E-state index is 13.6. The molecule has 2 aromatic rings. The molecule has 2 saturated heterocycles. The highest BCUT2D eigenvalue weighted by Crippen LogP contribution is 2.47. The summed E-state index contributed by atoms with van der Waals surface area (Å²) in [6, 6.07) is 1.80. The SMILES string of the molecule is CN(C[C@@H]1CCCN1C(=O)CCO)S(=O)(=O)N1CCN(c2ncnc3[nH]ccc23)CC12CC2. The van der Waals surface area contributed by atoms with E-state index in [1.54, 1.807) is 16.3 Å². The molecule has 4 heterocycles. The molecule has 5 rings (SSSR count). The highest BCUT2D eigenvalue weighted by atomic mass is 32.2. The smallest absolute Gasteiger partial charge is 0.282 e. The van der Waals surface area contributed by atoms with Crippen LogP contribution in [-0.4, -0.2) is 106 Å². The van der Waals surface area contributed by atoms with Gasteiger partial charge in [-0.15, -0.1) is 0 Å². The minimum absolute atomic E-state index is 0.0789. The summed E-state index contributed by atoms with van der Waals surface area (Å²) in [6.07, 6.45) is 6.72. The van der Waals surface area contributed by atoms with Crippen LogP contribution in [0, 0.1) is 0 Å². The van der Waals surface area contributed by atoms with Crippen molar-refractivity contribution in [3.63, 3.8) is 0 Å². The van der Waals surface area contributed by atoms with Crippen molar-refractivity contribution in [2.24, 2.45) is 0 Å². The first-order valence-electron chi connectivity index (χ1n) is 11.5. The maximum atomic E-state index is 13.6. The number of rotatable bonds is 7. The van der Waals surface area contributed by atoms with Crippen molar-refractivity contribution < 1.29 is 18.3 Å². The van der Waals surface area contributed by atoms with Crippen LogP contribution in [0.15, 0.2) is 18.6 Å². The molecule has 0 bridgehead atoms. The maximum Gasteiger partial charge on any atom is 0.282 e. The fraction of sp³-hybridized carbons (Fsp3) is 0.667. The van der Waals surface area contributed by atoms with Gasteiger partial charge in [0.25, 0.3) is 10.2 Å². The third-order valence-electron chi connectivity index (χ3n) is 7.21. The molecule has 1 atom stereocenters. The van der Waals surface area contributed by atoms with Gasteiger partial charge in [0, 0.05) is 58.4 Å². The Morgan fingerprint density at radius 2 is 2.12 bits per heavy atom. The highest BCUT2D eigenvalue weighted by Gasteiger charge is 2.57. The molecule has 2 aliphatic heterocycles. The number of anilines is 1. The quantitative estimate of drug-likeness (QED) is 0.582. The van der Waals surface area contributed by atoms with Crippen molar-refractivity contribution in [1.82, 2.24) is 28.5 Å². The average molecular weight is 478 g/mol. The van der Waals surface area contributed by atoms with E-state index in [9.17, 15) is 13.2 Å². The number of nitrogens with zero attached hydrogens (tertiary/aromatic N) is 6. The number of fused-ring (bicyclic) bond motifs is 1. The number of hydrogen-bond acceptors (Lipinski definition) is 7. The van der Waals surface area contributed by atoms with E-state index in [0.29, 0.717) is 26.2 Å². The van der Waals surface area contributed by atoms with Crippen LogP contribution in [0.3, 0.4) is 0 Å². The molecule has 0 radical (unpaired) electrons. The van der Waals surface area contributed by atoms with Crippen molar-refractivity contribution in [1.29, 1.82) is 0 Å². The Balaban J connectivity index is 1.30. The lowest BCUT2D eigenvalue weighted by Gasteiger charge is -2.43. The lowest BCUT2D eigenvalue weighted by Crippen LogP contribution is -2.60. The van der Waals surface area contributed by atoms with E-state index in [1.807, 2.05) is 12.3 Å². The molecule has 3 aliphatic rings. The van der Waals surface area contributed by atoms with Crippen LogP contribution >= 0.6 is 0 Å². The number of aromatic amines is 1. The molecule has 0 unspecified atom stereocenters. The van der Waals surface area contributed by atoms with E-state index in [-0.39, 0.29) is 31.5 Å². The van der Waals surface area contributed by atoms with Crippen LogP contribution in [-0.2, 0) is 15.0 Å². The van der Waals surface area contributed by atoms with Crippen LogP contribution in [0.25, 0.3) is 11.0 Å². The minimum Gasteiger partial charge on any atom is -0.396 e. The molecule has 2 N–H and O–H groups in total. The Morgan fingerprint density at radius 3 is 2.88 bits per heavy atom. The van der Waals surface area contributed by atoms with Crippen LogP contribution in [0.2, 0.25) is 0 Å². The molecule has 0 aromatic carbocycles. The van der Waals surface area contributed by atoms with Gasteiger partial charge in [0.1, 0.15) is 17.8 Å². The van der Waals surface area contributed by atoms with E-state index in [0.717, 1.165) is 42.5 Å². The number of piperazine rings is 1. The molecule has 180 valence electrons. The Morgan fingerprint density at radius 1 is 1.30 bits per heavy atom. The number of likely N-dealkylation sites (N-methyl/N-ethyl adjacent to an activating group) is 1. The summed E-state index contributed by atoms with van der Waals surface area (Å²) >= 11 is 0. The van der Waals surface area contributed by atoms with Gasteiger partial charge in [-0.05, 0) is 31.7 Å². The second kappa shape index (κ2) is 8.49. The van der Waals surface area contributed by atoms with Gasteiger partial charge in [-0.2, -0.15) is 17.0 Å². The highest BCUT2D eigenvalue weighted by molar-refractivity contribution is 7.86. The predicted molar refractivity (Wildman–Crippen MR) is 123 cm³/mol. The normalized spacial score (nSPS) is 23.2. The molecule has 1 saturated carbocycles. The molecular weight excluding hydrogens is 446 g/mol. The third kappa shape index (κ3) is 3.98. The first-order chi connectivity index (χ1) is 15.9. The predicted octanol–water partition coefficient (Wildman–Crippen LogP) is 0.163. The summed E-state index contributed by atoms with van der Waals surface area (Å²) < 4.78 is 30.3. The number of likely N-dealkylation sites (tertiary alicyclic amines) is 1. The number of aliphatic hydroxyl groups excluding tert-OH is 1. The summed E-state index contributed by atoms with van der Waals surface area (Å²) in [5.74, 6) is 0.723. The van der Waals surface area contributed by atoms with Crippen LogP contribution < -0.4 is 4.90 Å². The fourth-order valence-corrected chi connectivity index (χ4v) is 7.06. The zero-order valence-electron chi connectivity index (χ0n) is 18.9. The van der Waals surface area contributed by atoms with Gasteiger partial charge in [-0.25, -0.2) is 9.97 Å². The number of nitrogens with one attached hydrogen (secondary N) is 1. The summed E-state index contributed by atoms with van der Waals surface area (Å²) in [5, 5.41) is 10.0. The first kappa shape index (κ1) is 22.5. The van der Waals surface area contributed by atoms with Crippen LogP contribution in [0.5, 0.6) is 0 Å². The van der Waals surface area contributed by atoms with Gasteiger partial charge in [-0.3, -0.25) is 4.79 Å². The van der Waals surface area contributed by atoms with E-state index < -0.39 is 15.7 Å². The Hall–Kier alpha value is -2.28. The van der Waals surface area contributed by atoms with Gasteiger partial charge in [-0.1, -0.05) is 0 Å². The van der Waals surface area contributed by atoms with Gasteiger partial charge in [0.05, 0.1) is 17.5 Å². The second-order valence-electron chi connectivity index (χ2n) is 9.30. The molecule has 2 aromatic heterocycles. The van der Waals surface area contributed by atoms with E-state index in [1.165, 1.54) is 10.6 Å². The molecular formula is C21H31N7O4S. The summed E-state index contributed by atoms with van der Waals surface area (Å²) in [7, 11) is -2.07. The first-order valence-corrected chi connectivity index (χ1v) is 12.9. The summed E-state index contributed by atoms with van der Waals surface area (Å²) in [4.78, 5) is 28.1. The molecule has 11 nitrogen and oxygen atoms in total. The van der Waals surface area contributed by atoms with E-state index >= 15 is 0 Å². The topological polar surface area (TPSA) is 126 Å². The van der Waals surface area contributed by atoms with E-state index in [2.05, 4.69) is 19.9 Å². The second-order valence-corrected chi connectivity index (χ2v) is 11.3. The molecule has 3 fully saturated rings. The van der Waals surface area contributed by atoms with Crippen molar-refractivity contribution in [3.8, 4) is 0 Å². The van der Waals surface area contributed by atoms with Crippen LogP contribution in [0.4, 0.5) is 5.82 Å². The zero-order chi connectivity index (χ0) is 23.2. The minimum atomic E-state index is -3.68. The molecule has 1 aliphatic carbocycles. The molecule has 1 amide bonds. The largest absolute Gasteiger partial charge is 0.396 e. The molecule has 1 spiro atoms. The Labute approximate surface area is 193 Å². The van der Waals surface area contributed by atoms with Crippen molar-refractivity contribution in [2.45, 2.75) is 43.7 Å². The number of carbonyl (C=O) groups is 1. The summed E-state index contributed by atoms with van der Waals surface area (Å²) in [5.41, 5.74) is 0.359. The summed E-state index contributed by atoms with van der Waals surface area (Å²) in [6.45, 7) is 2.24. The van der Waals surface area contributed by atoms with Gasteiger partial charge >= 0.3 is 0 Å². The van der Waals surface area contributed by atoms with Gasteiger partial charge in [0.2, 0.25) is 5.91 Å². The van der Waals surface area contributed by atoms with Crippen molar-refractivity contribution >= 4 is 33.0 Å². The van der Waals surface area contributed by atoms with Crippen molar-refractivity contribution in [3.05, 3.63) is 18.6 Å². The standard InChI is InChI=1S/C21H31N7O4S/c1-25(13-16-3-2-9-27(16)18(30)5-12-29)33(31,32)28-11-10-26(14-21(28)6-7-21)20-17-4-8-22-19(17)23-15-24-20/h4,8,15-16,29H,2-3,5-7,9-14H2,1H3,(H,22,23,24)/t16-/m0/s1. The lowest BCUT2D eigenvalue weighted by molar-refractivity contribution is -0.132. The number of aliphatic hydroxyl groups is 1. The number of carbonyl (C=O) groups excluding carboxylic acids is 1. The number of aromatic nitrogens is 3. The lowest BCUT2D eigenvalue weighted by atomic mass is 10.2. The number of amides is 1. The molecule has 33 heavy (non-hydrogen) atoms. The van der Waals surface area contributed by atoms with Crippen molar-refractivity contribution in [2.75, 3.05) is 51.3 Å². The van der Waals surface area contributed by atoms with E-state index in [4.69, 9.17) is 5.11 Å².